The lowest BCUT2D eigenvalue weighted by Gasteiger charge is -2.51. The van der Waals surface area contributed by atoms with Crippen molar-refractivity contribution in [1.82, 2.24) is 5.32 Å². The molecule has 0 saturated carbocycles. The lowest BCUT2D eigenvalue weighted by molar-refractivity contribution is -0.350. The van der Waals surface area contributed by atoms with Gasteiger partial charge in [-0.15, -0.1) is 0 Å². The number of epoxide rings is 1. The summed E-state index contributed by atoms with van der Waals surface area (Å²) < 4.78 is 18.0. The predicted molar refractivity (Wildman–Crippen MR) is 105 cm³/mol. The number of carbonyl (C=O) groups excluding carboxylic acids is 3. The smallest absolute Gasteiger partial charge is 0.259 e. The van der Waals surface area contributed by atoms with Gasteiger partial charge >= 0.3 is 0 Å². The molecule has 0 spiro atoms. The lowest BCUT2D eigenvalue weighted by Crippen LogP contribution is -2.66. The summed E-state index contributed by atoms with van der Waals surface area (Å²) in [6.07, 6.45) is 3.64. The number of allylic oxidation sites excluding steroid dienone is 3. The van der Waals surface area contributed by atoms with E-state index in [1.54, 1.807) is 6.08 Å². The fraction of sp³-hybridized carbons (Fsp3) is 0.591. The van der Waals surface area contributed by atoms with Gasteiger partial charge in [-0.2, -0.15) is 0 Å². The first-order valence-corrected chi connectivity index (χ1v) is 10.2. The van der Waals surface area contributed by atoms with Crippen LogP contribution in [0.2, 0.25) is 0 Å². The Balaban J connectivity index is 1.51. The fourth-order valence-electron chi connectivity index (χ4n) is 4.67. The van der Waals surface area contributed by atoms with Crippen LogP contribution in [0.5, 0.6) is 0 Å². The van der Waals surface area contributed by atoms with Crippen LogP contribution in [0, 0.1) is 11.8 Å². The van der Waals surface area contributed by atoms with Crippen molar-refractivity contribution in [2.75, 3.05) is 6.54 Å². The van der Waals surface area contributed by atoms with E-state index in [1.807, 2.05) is 40.7 Å². The van der Waals surface area contributed by atoms with Crippen molar-refractivity contribution < 1.29 is 33.7 Å². The van der Waals surface area contributed by atoms with Crippen molar-refractivity contribution >= 4 is 17.5 Å². The molecule has 7 atom stereocenters. The minimum Gasteiger partial charge on any atom is -0.507 e. The summed E-state index contributed by atoms with van der Waals surface area (Å²) in [5, 5.41) is 12.5. The van der Waals surface area contributed by atoms with Crippen molar-refractivity contribution in [3.63, 3.8) is 0 Å². The zero-order valence-corrected chi connectivity index (χ0v) is 17.7. The number of hydrogen-bond acceptors (Lipinski definition) is 7. The molecule has 8 nitrogen and oxygen atoms in total. The zero-order valence-electron chi connectivity index (χ0n) is 17.7. The number of Topliss-reactive ketones (excluding diaryl/α,β-unsaturated/α-hetero) is 2. The van der Waals surface area contributed by atoms with E-state index in [4.69, 9.17) is 14.2 Å². The third-order valence-electron chi connectivity index (χ3n) is 6.67. The zero-order chi connectivity index (χ0) is 22.0. The van der Waals surface area contributed by atoms with Crippen molar-refractivity contribution in [3.05, 3.63) is 35.1 Å². The summed E-state index contributed by atoms with van der Waals surface area (Å²) >= 11 is 0. The molecule has 2 bridgehead atoms. The topological polar surface area (TPSA) is 114 Å². The Morgan fingerprint density at radius 3 is 2.53 bits per heavy atom. The molecule has 4 saturated heterocycles. The molecule has 8 heteroatoms. The highest BCUT2D eigenvalue weighted by molar-refractivity contribution is 6.25. The van der Waals surface area contributed by atoms with Gasteiger partial charge in [-0.05, 0) is 26.8 Å². The molecule has 1 amide bonds. The van der Waals surface area contributed by atoms with E-state index in [0.29, 0.717) is 0 Å². The molecule has 2 N–H and O–H groups in total. The normalized spacial score (nSPS) is 43.5. The third kappa shape index (κ3) is 3.05. The van der Waals surface area contributed by atoms with Gasteiger partial charge in [0.1, 0.15) is 17.4 Å². The van der Waals surface area contributed by atoms with Crippen LogP contribution in [0.15, 0.2) is 35.1 Å². The third-order valence-corrected chi connectivity index (χ3v) is 6.67. The van der Waals surface area contributed by atoms with Crippen LogP contribution in [0.1, 0.15) is 34.6 Å². The van der Waals surface area contributed by atoms with Crippen LogP contribution in [-0.2, 0) is 28.6 Å². The van der Waals surface area contributed by atoms with Gasteiger partial charge in [0.2, 0.25) is 0 Å². The van der Waals surface area contributed by atoms with Crippen molar-refractivity contribution in [2.24, 2.45) is 11.8 Å². The number of ether oxygens (including phenoxy) is 3. The molecule has 162 valence electrons. The lowest BCUT2D eigenvalue weighted by atomic mass is 9.78. The van der Waals surface area contributed by atoms with Crippen LogP contribution in [0.25, 0.3) is 0 Å². The number of fused-ring (bicyclic) bond motifs is 4. The summed E-state index contributed by atoms with van der Waals surface area (Å²) in [6.45, 7) is 9.34. The van der Waals surface area contributed by atoms with E-state index in [0.717, 1.165) is 5.57 Å². The Morgan fingerprint density at radius 2 is 1.90 bits per heavy atom. The Bertz CT molecular complexity index is 900. The minimum atomic E-state index is -0.988. The maximum Gasteiger partial charge on any atom is 0.259 e. The van der Waals surface area contributed by atoms with Crippen LogP contribution < -0.4 is 5.32 Å². The second-order valence-corrected chi connectivity index (χ2v) is 8.90. The van der Waals surface area contributed by atoms with Gasteiger partial charge in [-0.1, -0.05) is 31.6 Å². The number of amides is 1. The molecular formula is C22H27NO7. The molecule has 4 rings (SSSR count). The molecule has 2 unspecified atom stereocenters. The summed E-state index contributed by atoms with van der Waals surface area (Å²) in [4.78, 5) is 36.0. The van der Waals surface area contributed by atoms with Crippen LogP contribution in [-0.4, -0.2) is 58.8 Å². The van der Waals surface area contributed by atoms with Gasteiger partial charge in [-0.25, -0.2) is 0 Å². The van der Waals surface area contributed by atoms with E-state index < -0.39 is 35.3 Å². The monoisotopic (exact) mass is 417 g/mol. The van der Waals surface area contributed by atoms with Gasteiger partial charge in [0.05, 0.1) is 12.6 Å². The standard InChI is InChI=1S/C22H27NO7/c1-10(6-7-13(24)15-14(25)9-23-20(15)27)8-11(2)17-12(3)18-16(26)19-21(4,30-19)22(5,28-17)29-18/h6-8,11-12,17-19,24H,9H2,1-5H3,(H,23,27)/b7-6+,10-8+,15-13-/t11-,12-,17-,18?,19+,21+,22?/m1/s1. The van der Waals surface area contributed by atoms with Crippen LogP contribution in [0.4, 0.5) is 0 Å². The summed E-state index contributed by atoms with van der Waals surface area (Å²) in [6, 6.07) is 0. The summed E-state index contributed by atoms with van der Waals surface area (Å²) in [7, 11) is 0. The van der Waals surface area contributed by atoms with Gasteiger partial charge in [-0.3, -0.25) is 14.4 Å². The van der Waals surface area contributed by atoms with Crippen molar-refractivity contribution in [2.45, 2.75) is 64.3 Å². The highest BCUT2D eigenvalue weighted by atomic mass is 16.8. The molecule has 0 radical (unpaired) electrons. The molecular weight excluding hydrogens is 390 g/mol. The molecule has 4 aliphatic heterocycles. The molecule has 30 heavy (non-hydrogen) atoms. The summed E-state index contributed by atoms with van der Waals surface area (Å²) in [5.74, 6) is -2.59. The van der Waals surface area contributed by atoms with Gasteiger partial charge in [0.15, 0.2) is 29.1 Å². The summed E-state index contributed by atoms with van der Waals surface area (Å²) in [5.41, 5.74) is -0.167. The number of aliphatic hydroxyl groups excluding tert-OH is 1. The molecule has 0 aromatic rings. The van der Waals surface area contributed by atoms with Crippen molar-refractivity contribution in [1.29, 1.82) is 0 Å². The second-order valence-electron chi connectivity index (χ2n) is 8.90. The maximum absolute atomic E-state index is 12.7. The Morgan fingerprint density at radius 1 is 1.20 bits per heavy atom. The van der Waals surface area contributed by atoms with E-state index in [-0.39, 0.29) is 41.6 Å². The maximum atomic E-state index is 12.7. The van der Waals surface area contributed by atoms with Crippen LogP contribution >= 0.6 is 0 Å². The minimum absolute atomic E-state index is 0.0281. The van der Waals surface area contributed by atoms with Crippen molar-refractivity contribution in [3.8, 4) is 0 Å². The average molecular weight is 417 g/mol. The Labute approximate surface area is 174 Å². The molecule has 0 aliphatic carbocycles. The number of ketones is 2. The quantitative estimate of drug-likeness (QED) is 0.234. The Hall–Kier alpha value is -2.29. The Kier molecular flexibility index (Phi) is 4.80. The molecule has 4 aliphatic rings. The average Bonchev–Trinajstić information content (AvgIpc) is 3.29. The van der Waals surface area contributed by atoms with E-state index in [9.17, 15) is 19.5 Å². The number of hydrogen-bond donors (Lipinski definition) is 2. The second kappa shape index (κ2) is 6.87. The molecule has 4 fully saturated rings. The number of nitrogens with one attached hydrogen (secondary N) is 1. The fourth-order valence-corrected chi connectivity index (χ4v) is 4.67. The molecule has 0 aromatic carbocycles. The van der Waals surface area contributed by atoms with Gasteiger partial charge < -0.3 is 24.6 Å². The number of carbonyl (C=O) groups is 3. The van der Waals surface area contributed by atoms with Crippen LogP contribution in [0.3, 0.4) is 0 Å². The predicted octanol–water partition coefficient (Wildman–Crippen LogP) is 1.51. The van der Waals surface area contributed by atoms with Gasteiger partial charge in [0, 0.05) is 11.8 Å². The molecule has 0 aromatic heterocycles. The largest absolute Gasteiger partial charge is 0.507 e. The first-order chi connectivity index (χ1) is 14.0. The first kappa shape index (κ1) is 21.0. The number of rotatable bonds is 4. The van der Waals surface area contributed by atoms with Gasteiger partial charge in [0.25, 0.3) is 5.91 Å². The highest BCUT2D eigenvalue weighted by Gasteiger charge is 2.76. The molecule has 4 heterocycles. The SMILES string of the molecule is CC(/C=C/C(O)=C1\C(=O)CNC1=O)=C\[C@@H](C)[C@H]1OC2(C)OC(C(=O)[C@@H]3O[C@@]32C)[C@@H]1C. The number of aliphatic hydroxyl groups is 1. The first-order valence-electron chi connectivity index (χ1n) is 10.2. The van der Waals surface area contributed by atoms with E-state index >= 15 is 0 Å². The van der Waals surface area contributed by atoms with E-state index in [1.165, 1.54) is 6.08 Å². The van der Waals surface area contributed by atoms with E-state index in [2.05, 4.69) is 5.32 Å². The highest BCUT2D eigenvalue weighted by Crippen LogP contribution is 2.57.